The van der Waals surface area contributed by atoms with E-state index in [2.05, 4.69) is 0 Å². The molecule has 0 aromatic heterocycles. The predicted octanol–water partition coefficient (Wildman–Crippen LogP) is 0.963. The summed E-state index contributed by atoms with van der Waals surface area (Å²) >= 11 is 0. The SMILES string of the molecule is CO[C@H]1O[C@H](COCCOC2CCCCO2)[C@@H](OC)[C@H](OC)[C@H]1OC. The molecule has 25 heavy (non-hydrogen) atoms. The molecule has 0 aliphatic carbocycles. The van der Waals surface area contributed by atoms with Crippen molar-refractivity contribution in [2.24, 2.45) is 0 Å². The first-order chi connectivity index (χ1) is 12.2. The highest BCUT2D eigenvalue weighted by Gasteiger charge is 2.47. The quantitative estimate of drug-likeness (QED) is 0.531. The lowest BCUT2D eigenvalue weighted by Crippen LogP contribution is -2.61. The molecule has 8 heteroatoms. The van der Waals surface area contributed by atoms with Gasteiger partial charge in [0.25, 0.3) is 0 Å². The largest absolute Gasteiger partial charge is 0.376 e. The molecule has 0 aromatic rings. The maximum absolute atomic E-state index is 5.93. The minimum atomic E-state index is -0.540. The molecule has 0 spiro atoms. The molecule has 6 atom stereocenters. The van der Waals surface area contributed by atoms with E-state index in [1.54, 1.807) is 28.4 Å². The molecule has 2 fully saturated rings. The lowest BCUT2D eigenvalue weighted by molar-refractivity contribution is -0.308. The fraction of sp³-hybridized carbons (Fsp3) is 1.00. The highest BCUT2D eigenvalue weighted by atomic mass is 16.7. The minimum Gasteiger partial charge on any atom is -0.376 e. The zero-order chi connectivity index (χ0) is 18.1. The van der Waals surface area contributed by atoms with E-state index in [1.807, 2.05) is 0 Å². The van der Waals surface area contributed by atoms with E-state index in [4.69, 9.17) is 37.9 Å². The third kappa shape index (κ3) is 5.83. The normalized spacial score (nSPS) is 36.5. The standard InChI is InChI=1S/C17H32O8/c1-18-14-12(25-17(21-4)16(20-3)15(14)19-2)11-22-9-10-24-13-7-5-6-8-23-13/h12-17H,5-11H2,1-4H3/t12-,13?,14-,15+,16-,17+/m1/s1. The Bertz CT molecular complexity index is 350. The summed E-state index contributed by atoms with van der Waals surface area (Å²) in [4.78, 5) is 0. The summed E-state index contributed by atoms with van der Waals surface area (Å²) in [5.41, 5.74) is 0. The Balaban J connectivity index is 1.76. The zero-order valence-corrected chi connectivity index (χ0v) is 15.7. The first kappa shape index (κ1) is 21.0. The van der Waals surface area contributed by atoms with Gasteiger partial charge in [-0.1, -0.05) is 0 Å². The second-order valence-corrected chi connectivity index (χ2v) is 6.12. The molecule has 0 amide bonds. The zero-order valence-electron chi connectivity index (χ0n) is 15.7. The molecule has 0 aromatic carbocycles. The van der Waals surface area contributed by atoms with Crippen molar-refractivity contribution in [1.29, 1.82) is 0 Å². The van der Waals surface area contributed by atoms with E-state index in [0.717, 1.165) is 25.9 Å². The van der Waals surface area contributed by atoms with Crippen molar-refractivity contribution in [1.82, 2.24) is 0 Å². The van der Waals surface area contributed by atoms with E-state index in [0.29, 0.717) is 19.8 Å². The van der Waals surface area contributed by atoms with Crippen LogP contribution in [0.25, 0.3) is 0 Å². The van der Waals surface area contributed by atoms with Gasteiger partial charge in [0.05, 0.1) is 19.8 Å². The summed E-state index contributed by atoms with van der Waals surface area (Å²) in [6.45, 7) is 2.06. The Labute approximate surface area is 149 Å². The van der Waals surface area contributed by atoms with Gasteiger partial charge in [-0.15, -0.1) is 0 Å². The number of rotatable bonds is 10. The molecule has 2 aliphatic heterocycles. The van der Waals surface area contributed by atoms with Crippen molar-refractivity contribution in [2.45, 2.75) is 56.3 Å². The topological polar surface area (TPSA) is 73.8 Å². The molecule has 0 saturated carbocycles. The van der Waals surface area contributed by atoms with Crippen LogP contribution in [0.2, 0.25) is 0 Å². The Kier molecular flexibility index (Phi) is 9.57. The number of methoxy groups -OCH3 is 4. The fourth-order valence-electron chi connectivity index (χ4n) is 3.28. The van der Waals surface area contributed by atoms with Gasteiger partial charge in [-0.2, -0.15) is 0 Å². The molecular formula is C17H32O8. The van der Waals surface area contributed by atoms with Gasteiger partial charge in [-0.25, -0.2) is 0 Å². The van der Waals surface area contributed by atoms with Crippen molar-refractivity contribution in [3.8, 4) is 0 Å². The highest BCUT2D eigenvalue weighted by Crippen LogP contribution is 2.27. The summed E-state index contributed by atoms with van der Waals surface area (Å²) in [5, 5.41) is 0. The van der Waals surface area contributed by atoms with Crippen LogP contribution in [-0.4, -0.2) is 91.9 Å². The highest BCUT2D eigenvalue weighted by molar-refractivity contribution is 4.92. The van der Waals surface area contributed by atoms with Crippen LogP contribution in [0.3, 0.4) is 0 Å². The van der Waals surface area contributed by atoms with Gasteiger partial charge >= 0.3 is 0 Å². The van der Waals surface area contributed by atoms with Gasteiger partial charge in [0.15, 0.2) is 12.6 Å². The fourth-order valence-corrected chi connectivity index (χ4v) is 3.28. The van der Waals surface area contributed by atoms with E-state index >= 15 is 0 Å². The summed E-state index contributed by atoms with van der Waals surface area (Å²) in [6, 6.07) is 0. The summed E-state index contributed by atoms with van der Waals surface area (Å²) in [5.74, 6) is 0. The van der Waals surface area contributed by atoms with Crippen LogP contribution in [-0.2, 0) is 37.9 Å². The van der Waals surface area contributed by atoms with Gasteiger partial charge < -0.3 is 37.9 Å². The second kappa shape index (κ2) is 11.4. The number of hydrogen-bond acceptors (Lipinski definition) is 8. The lowest BCUT2D eigenvalue weighted by Gasteiger charge is -2.44. The first-order valence-electron chi connectivity index (χ1n) is 8.82. The van der Waals surface area contributed by atoms with E-state index < -0.39 is 6.29 Å². The van der Waals surface area contributed by atoms with E-state index in [-0.39, 0.29) is 30.7 Å². The molecular weight excluding hydrogens is 332 g/mol. The van der Waals surface area contributed by atoms with Crippen LogP contribution in [0, 0.1) is 0 Å². The Hall–Kier alpha value is -0.320. The number of hydrogen-bond donors (Lipinski definition) is 0. The molecule has 0 bridgehead atoms. The molecule has 8 nitrogen and oxygen atoms in total. The third-order valence-corrected chi connectivity index (χ3v) is 4.59. The maximum Gasteiger partial charge on any atom is 0.186 e. The second-order valence-electron chi connectivity index (χ2n) is 6.12. The van der Waals surface area contributed by atoms with Crippen molar-refractivity contribution in [3.63, 3.8) is 0 Å². The molecule has 1 unspecified atom stereocenters. The van der Waals surface area contributed by atoms with Crippen molar-refractivity contribution in [2.75, 3.05) is 54.9 Å². The van der Waals surface area contributed by atoms with Gasteiger partial charge in [-0.05, 0) is 19.3 Å². The van der Waals surface area contributed by atoms with Gasteiger partial charge in [0.1, 0.15) is 24.4 Å². The lowest BCUT2D eigenvalue weighted by atomic mass is 9.98. The first-order valence-corrected chi connectivity index (χ1v) is 8.82. The molecule has 0 radical (unpaired) electrons. The van der Waals surface area contributed by atoms with Gasteiger partial charge in [-0.3, -0.25) is 0 Å². The van der Waals surface area contributed by atoms with Crippen molar-refractivity contribution < 1.29 is 37.9 Å². The summed E-state index contributed by atoms with van der Waals surface area (Å²) in [7, 11) is 6.42. The molecule has 2 aliphatic rings. The Morgan fingerprint density at radius 2 is 1.60 bits per heavy atom. The molecule has 148 valence electrons. The average molecular weight is 364 g/mol. The monoisotopic (exact) mass is 364 g/mol. The van der Waals surface area contributed by atoms with Crippen LogP contribution < -0.4 is 0 Å². The average Bonchev–Trinajstić information content (AvgIpc) is 2.67. The van der Waals surface area contributed by atoms with Crippen molar-refractivity contribution >= 4 is 0 Å². The van der Waals surface area contributed by atoms with Crippen LogP contribution in [0.5, 0.6) is 0 Å². The Morgan fingerprint density at radius 1 is 0.840 bits per heavy atom. The van der Waals surface area contributed by atoms with Crippen LogP contribution in [0.1, 0.15) is 19.3 Å². The van der Waals surface area contributed by atoms with Gasteiger partial charge in [0.2, 0.25) is 0 Å². The van der Waals surface area contributed by atoms with Crippen molar-refractivity contribution in [3.05, 3.63) is 0 Å². The smallest absolute Gasteiger partial charge is 0.186 e. The predicted molar refractivity (Wildman–Crippen MR) is 88.4 cm³/mol. The maximum atomic E-state index is 5.93. The van der Waals surface area contributed by atoms with E-state index in [1.165, 1.54) is 0 Å². The van der Waals surface area contributed by atoms with Gasteiger partial charge in [0, 0.05) is 35.0 Å². The molecule has 2 heterocycles. The van der Waals surface area contributed by atoms with E-state index in [9.17, 15) is 0 Å². The third-order valence-electron chi connectivity index (χ3n) is 4.59. The Morgan fingerprint density at radius 3 is 2.20 bits per heavy atom. The summed E-state index contributed by atoms with van der Waals surface area (Å²) < 4.78 is 44.8. The number of ether oxygens (including phenoxy) is 8. The van der Waals surface area contributed by atoms with Crippen LogP contribution in [0.4, 0.5) is 0 Å². The molecule has 2 saturated heterocycles. The van der Waals surface area contributed by atoms with Crippen LogP contribution >= 0.6 is 0 Å². The molecule has 2 rings (SSSR count). The molecule has 0 N–H and O–H groups in total. The summed E-state index contributed by atoms with van der Waals surface area (Å²) in [6.07, 6.45) is 1.24. The minimum absolute atomic E-state index is 0.104. The van der Waals surface area contributed by atoms with Crippen LogP contribution in [0.15, 0.2) is 0 Å².